The summed E-state index contributed by atoms with van der Waals surface area (Å²) < 4.78 is 0. The van der Waals surface area contributed by atoms with Crippen molar-refractivity contribution in [2.75, 3.05) is 11.9 Å². The van der Waals surface area contributed by atoms with Crippen molar-refractivity contribution < 1.29 is 4.79 Å². The van der Waals surface area contributed by atoms with Crippen LogP contribution in [0.5, 0.6) is 0 Å². The number of nitrogens with zero attached hydrogens (tertiary/aromatic N) is 1. The Bertz CT molecular complexity index is 376. The number of hydrogen-bond donors (Lipinski definition) is 1. The maximum atomic E-state index is 12.1. The number of carbonyl (C=O) groups excluding carboxylic acids is 1. The van der Waals surface area contributed by atoms with Crippen molar-refractivity contribution in [2.24, 2.45) is 5.92 Å². The third-order valence-electron chi connectivity index (χ3n) is 2.69. The molecule has 16 heavy (non-hydrogen) atoms. The highest BCUT2D eigenvalue weighted by Gasteiger charge is 2.22. The van der Waals surface area contributed by atoms with Gasteiger partial charge in [0.05, 0.1) is 5.25 Å². The molecule has 1 aromatic rings. The lowest BCUT2D eigenvalue weighted by molar-refractivity contribution is -0.118. The third kappa shape index (κ3) is 2.79. The van der Waals surface area contributed by atoms with E-state index < -0.39 is 0 Å². The minimum atomic E-state index is -0.246. The van der Waals surface area contributed by atoms with Crippen LogP contribution < -0.4 is 4.90 Å². The molecule has 0 saturated heterocycles. The van der Waals surface area contributed by atoms with E-state index in [0.29, 0.717) is 0 Å². The van der Waals surface area contributed by atoms with Crippen LogP contribution in [0, 0.1) is 12.8 Å². The Morgan fingerprint density at radius 3 is 2.38 bits per heavy atom. The summed E-state index contributed by atoms with van der Waals surface area (Å²) >= 11 is 4.35. The number of anilines is 1. The van der Waals surface area contributed by atoms with Gasteiger partial charge in [0, 0.05) is 12.7 Å². The summed E-state index contributed by atoms with van der Waals surface area (Å²) in [7, 11) is 1.80. The Morgan fingerprint density at radius 2 is 1.88 bits per heavy atom. The number of benzene rings is 1. The lowest BCUT2D eigenvalue weighted by Crippen LogP contribution is -2.36. The molecule has 0 aliphatic heterocycles. The van der Waals surface area contributed by atoms with Crippen LogP contribution in [0.25, 0.3) is 0 Å². The van der Waals surface area contributed by atoms with Crippen LogP contribution in [0.1, 0.15) is 19.4 Å². The predicted molar refractivity (Wildman–Crippen MR) is 72.2 cm³/mol. The highest BCUT2D eigenvalue weighted by molar-refractivity contribution is 7.81. The van der Waals surface area contributed by atoms with E-state index in [4.69, 9.17) is 0 Å². The molecule has 0 aliphatic carbocycles. The normalized spacial score (nSPS) is 12.6. The Balaban J connectivity index is 2.91. The summed E-state index contributed by atoms with van der Waals surface area (Å²) in [5, 5.41) is -0.246. The molecule has 1 rings (SSSR count). The molecule has 0 aromatic heterocycles. The summed E-state index contributed by atoms with van der Waals surface area (Å²) in [5.74, 6) is 0.287. The fourth-order valence-corrected chi connectivity index (χ4v) is 1.72. The van der Waals surface area contributed by atoms with E-state index in [0.717, 1.165) is 11.3 Å². The minimum Gasteiger partial charge on any atom is -0.314 e. The first-order valence-corrected chi connectivity index (χ1v) is 5.98. The summed E-state index contributed by atoms with van der Waals surface area (Å²) in [4.78, 5) is 13.8. The van der Waals surface area contributed by atoms with Gasteiger partial charge < -0.3 is 4.90 Å². The van der Waals surface area contributed by atoms with Gasteiger partial charge in [-0.05, 0) is 24.5 Å². The highest BCUT2D eigenvalue weighted by Crippen LogP contribution is 2.21. The second kappa shape index (κ2) is 5.39. The van der Waals surface area contributed by atoms with Gasteiger partial charge in [0.1, 0.15) is 0 Å². The van der Waals surface area contributed by atoms with E-state index in [-0.39, 0.29) is 17.1 Å². The highest BCUT2D eigenvalue weighted by atomic mass is 32.1. The molecule has 0 spiro atoms. The molecule has 0 bridgehead atoms. The molecular weight excluding hydrogens is 218 g/mol. The van der Waals surface area contributed by atoms with Gasteiger partial charge in [-0.15, -0.1) is 0 Å². The number of para-hydroxylation sites is 1. The SMILES string of the molecule is Cc1ccccc1N(C)C(=O)C(S)C(C)C. The van der Waals surface area contributed by atoms with Crippen molar-refractivity contribution >= 4 is 24.2 Å². The maximum Gasteiger partial charge on any atom is 0.239 e. The van der Waals surface area contributed by atoms with Crippen molar-refractivity contribution in [3.8, 4) is 0 Å². The zero-order chi connectivity index (χ0) is 12.3. The molecule has 2 nitrogen and oxygen atoms in total. The Kier molecular flexibility index (Phi) is 4.42. The van der Waals surface area contributed by atoms with Gasteiger partial charge in [-0.2, -0.15) is 12.6 Å². The molecule has 1 unspecified atom stereocenters. The van der Waals surface area contributed by atoms with E-state index in [1.54, 1.807) is 11.9 Å². The van der Waals surface area contributed by atoms with Gasteiger partial charge in [0.15, 0.2) is 0 Å². The molecule has 0 N–H and O–H groups in total. The average molecular weight is 237 g/mol. The first-order valence-electron chi connectivity index (χ1n) is 5.46. The molecule has 1 atom stereocenters. The molecule has 3 heteroatoms. The maximum absolute atomic E-state index is 12.1. The van der Waals surface area contributed by atoms with Crippen LogP contribution >= 0.6 is 12.6 Å². The minimum absolute atomic E-state index is 0.0487. The van der Waals surface area contributed by atoms with Gasteiger partial charge in [-0.25, -0.2) is 0 Å². The van der Waals surface area contributed by atoms with E-state index in [2.05, 4.69) is 12.6 Å². The lowest BCUT2D eigenvalue weighted by atomic mass is 10.1. The molecule has 0 saturated carbocycles. The number of hydrogen-bond acceptors (Lipinski definition) is 2. The average Bonchev–Trinajstić information content (AvgIpc) is 2.26. The zero-order valence-corrected chi connectivity index (χ0v) is 11.2. The quantitative estimate of drug-likeness (QED) is 0.801. The van der Waals surface area contributed by atoms with Crippen molar-refractivity contribution in [3.63, 3.8) is 0 Å². The van der Waals surface area contributed by atoms with Gasteiger partial charge in [0.2, 0.25) is 5.91 Å². The molecular formula is C13H19NOS. The van der Waals surface area contributed by atoms with Crippen LogP contribution in [0.3, 0.4) is 0 Å². The van der Waals surface area contributed by atoms with Crippen LogP contribution in [0.4, 0.5) is 5.69 Å². The van der Waals surface area contributed by atoms with Crippen molar-refractivity contribution in [1.29, 1.82) is 0 Å². The van der Waals surface area contributed by atoms with Crippen LogP contribution in [0.2, 0.25) is 0 Å². The first-order chi connectivity index (χ1) is 7.45. The number of aryl methyl sites for hydroxylation is 1. The van der Waals surface area contributed by atoms with Gasteiger partial charge in [-0.3, -0.25) is 4.79 Å². The summed E-state index contributed by atoms with van der Waals surface area (Å²) in [6.45, 7) is 6.00. The molecule has 0 aliphatic rings. The summed E-state index contributed by atoms with van der Waals surface area (Å²) in [6, 6.07) is 7.86. The standard InChI is InChI=1S/C13H19NOS/c1-9(2)12(16)13(15)14(4)11-8-6-5-7-10(11)3/h5-9,12,16H,1-4H3. The number of rotatable bonds is 3. The molecule has 0 heterocycles. The summed E-state index contributed by atoms with van der Waals surface area (Å²) in [6.07, 6.45) is 0. The van der Waals surface area contributed by atoms with Crippen LogP contribution in [-0.2, 0) is 4.79 Å². The van der Waals surface area contributed by atoms with Crippen molar-refractivity contribution in [3.05, 3.63) is 29.8 Å². The largest absolute Gasteiger partial charge is 0.314 e. The molecule has 0 radical (unpaired) electrons. The number of thiol groups is 1. The van der Waals surface area contributed by atoms with Gasteiger partial charge in [0.25, 0.3) is 0 Å². The number of amides is 1. The van der Waals surface area contributed by atoms with Gasteiger partial charge >= 0.3 is 0 Å². The summed E-state index contributed by atoms with van der Waals surface area (Å²) in [5.41, 5.74) is 2.05. The monoisotopic (exact) mass is 237 g/mol. The zero-order valence-electron chi connectivity index (χ0n) is 10.3. The Morgan fingerprint density at radius 1 is 1.31 bits per heavy atom. The topological polar surface area (TPSA) is 20.3 Å². The second-order valence-electron chi connectivity index (χ2n) is 4.37. The molecule has 1 aromatic carbocycles. The van der Waals surface area contributed by atoms with Crippen LogP contribution in [-0.4, -0.2) is 18.2 Å². The Hall–Kier alpha value is -0.960. The van der Waals surface area contributed by atoms with E-state index in [1.807, 2.05) is 45.0 Å². The van der Waals surface area contributed by atoms with Crippen molar-refractivity contribution in [1.82, 2.24) is 0 Å². The molecule has 88 valence electrons. The Labute approximate surface area is 103 Å². The second-order valence-corrected chi connectivity index (χ2v) is 4.93. The lowest BCUT2D eigenvalue weighted by Gasteiger charge is -2.24. The van der Waals surface area contributed by atoms with Gasteiger partial charge in [-0.1, -0.05) is 32.0 Å². The third-order valence-corrected chi connectivity index (χ3v) is 3.51. The smallest absolute Gasteiger partial charge is 0.239 e. The fraction of sp³-hybridized carbons (Fsp3) is 0.462. The van der Waals surface area contributed by atoms with E-state index in [9.17, 15) is 4.79 Å². The van der Waals surface area contributed by atoms with Crippen molar-refractivity contribution in [2.45, 2.75) is 26.0 Å². The van der Waals surface area contributed by atoms with E-state index in [1.165, 1.54) is 0 Å². The fourth-order valence-electron chi connectivity index (χ4n) is 1.54. The van der Waals surface area contributed by atoms with E-state index >= 15 is 0 Å². The first kappa shape index (κ1) is 13.1. The molecule has 1 amide bonds. The van der Waals surface area contributed by atoms with Crippen LogP contribution in [0.15, 0.2) is 24.3 Å². The number of carbonyl (C=O) groups is 1. The molecule has 0 fully saturated rings. The predicted octanol–water partition coefficient (Wildman–Crippen LogP) is 2.91.